The number of sulfonamides is 1. The molecule has 162 valence electrons. The van der Waals surface area contributed by atoms with Gasteiger partial charge in [-0.3, -0.25) is 9.62 Å². The summed E-state index contributed by atoms with van der Waals surface area (Å²) >= 11 is 6.05. The molecule has 9 heteroatoms. The van der Waals surface area contributed by atoms with Crippen molar-refractivity contribution < 1.29 is 22.3 Å². The number of phenolic OH excluding ortho intramolecular Hbond substituents is 1. The zero-order chi connectivity index (χ0) is 22.2. The number of anilines is 1. The summed E-state index contributed by atoms with van der Waals surface area (Å²) in [4.78, 5) is 1.62. The molecule has 0 saturated carbocycles. The molecule has 5 nitrogen and oxygen atoms in total. The molecule has 2 N–H and O–H groups in total. The van der Waals surface area contributed by atoms with Gasteiger partial charge in [0.25, 0.3) is 10.0 Å². The van der Waals surface area contributed by atoms with Crippen LogP contribution in [-0.4, -0.2) is 31.5 Å². The van der Waals surface area contributed by atoms with Crippen molar-refractivity contribution in [1.29, 1.82) is 0 Å². The van der Waals surface area contributed by atoms with Gasteiger partial charge in [0, 0.05) is 18.2 Å². The number of nitrogens with one attached hydrogen (secondary N) is 1. The SMILES string of the molecule is O=S(=O)(Nc1cc(-c2ccccc2)c(F)cc1F)c1cc(CN2CCC2)cc(Cl)c1O. The van der Waals surface area contributed by atoms with Crippen LogP contribution in [-0.2, 0) is 16.6 Å². The van der Waals surface area contributed by atoms with Crippen LogP contribution in [0.4, 0.5) is 14.5 Å². The van der Waals surface area contributed by atoms with Crippen LogP contribution < -0.4 is 4.72 Å². The fourth-order valence-electron chi connectivity index (χ4n) is 3.39. The summed E-state index contributed by atoms with van der Waals surface area (Å²) in [6, 6.07) is 12.9. The number of nitrogens with zero attached hydrogens (tertiary/aromatic N) is 1. The van der Waals surface area contributed by atoms with Crippen molar-refractivity contribution in [3.8, 4) is 16.9 Å². The number of hydrogen-bond donors (Lipinski definition) is 2. The molecule has 0 aliphatic carbocycles. The third-order valence-electron chi connectivity index (χ3n) is 5.12. The molecule has 0 bridgehead atoms. The van der Waals surface area contributed by atoms with Crippen molar-refractivity contribution in [2.24, 2.45) is 0 Å². The second kappa shape index (κ2) is 8.45. The molecule has 0 spiro atoms. The van der Waals surface area contributed by atoms with E-state index in [4.69, 9.17) is 11.6 Å². The van der Waals surface area contributed by atoms with Gasteiger partial charge in [-0.2, -0.15) is 0 Å². The molecule has 0 aromatic heterocycles. The van der Waals surface area contributed by atoms with E-state index < -0.39 is 38.0 Å². The molecule has 3 aromatic rings. The lowest BCUT2D eigenvalue weighted by molar-refractivity contribution is 0.172. The third kappa shape index (κ3) is 4.51. The van der Waals surface area contributed by atoms with Crippen molar-refractivity contribution >= 4 is 27.3 Å². The van der Waals surface area contributed by atoms with Gasteiger partial charge in [-0.1, -0.05) is 41.9 Å². The molecule has 0 radical (unpaired) electrons. The molecular weight excluding hydrogens is 446 g/mol. The summed E-state index contributed by atoms with van der Waals surface area (Å²) in [6.45, 7) is 2.26. The standard InChI is InChI=1S/C22H19ClF2N2O3S/c23-17-9-14(13-27-7-4-8-27)10-21(22(17)28)31(29,30)26-20-11-16(18(24)12-19(20)25)15-5-2-1-3-6-15/h1-3,5-6,9-12,26,28H,4,7-8,13H2. The highest BCUT2D eigenvalue weighted by Crippen LogP contribution is 2.35. The molecule has 1 aliphatic heterocycles. The van der Waals surface area contributed by atoms with E-state index in [0.29, 0.717) is 23.7 Å². The Kier molecular flexibility index (Phi) is 5.88. The first-order chi connectivity index (χ1) is 14.7. The summed E-state index contributed by atoms with van der Waals surface area (Å²) in [5.41, 5.74) is 0.660. The Labute approximate surface area is 183 Å². The van der Waals surface area contributed by atoms with E-state index >= 15 is 0 Å². The van der Waals surface area contributed by atoms with E-state index in [2.05, 4.69) is 9.62 Å². The predicted molar refractivity (Wildman–Crippen MR) is 116 cm³/mol. The first-order valence-electron chi connectivity index (χ1n) is 9.55. The maximum absolute atomic E-state index is 14.4. The molecule has 31 heavy (non-hydrogen) atoms. The van der Waals surface area contributed by atoms with Crippen molar-refractivity contribution in [3.05, 3.63) is 76.8 Å². The van der Waals surface area contributed by atoms with Gasteiger partial charge in [-0.05, 0) is 48.8 Å². The van der Waals surface area contributed by atoms with Gasteiger partial charge in [0.1, 0.15) is 16.5 Å². The second-order valence-electron chi connectivity index (χ2n) is 7.34. The average molecular weight is 465 g/mol. The average Bonchev–Trinajstić information content (AvgIpc) is 2.69. The largest absolute Gasteiger partial charge is 0.505 e. The van der Waals surface area contributed by atoms with Crippen LogP contribution >= 0.6 is 11.6 Å². The molecule has 1 saturated heterocycles. The number of phenols is 1. The lowest BCUT2D eigenvalue weighted by Gasteiger charge is -2.30. The van der Waals surface area contributed by atoms with Crippen LogP contribution in [0.1, 0.15) is 12.0 Å². The Morgan fingerprint density at radius 1 is 1.03 bits per heavy atom. The van der Waals surface area contributed by atoms with Crippen molar-refractivity contribution in [2.45, 2.75) is 17.9 Å². The number of benzene rings is 3. The summed E-state index contributed by atoms with van der Waals surface area (Å²) in [7, 11) is -4.41. The second-order valence-corrected chi connectivity index (χ2v) is 9.40. The van der Waals surface area contributed by atoms with Crippen LogP contribution in [0, 0.1) is 11.6 Å². The van der Waals surface area contributed by atoms with Crippen LogP contribution in [0.3, 0.4) is 0 Å². The summed E-state index contributed by atoms with van der Waals surface area (Å²) in [6.07, 6.45) is 1.06. The molecule has 1 fully saturated rings. The van der Waals surface area contributed by atoms with Crippen LogP contribution in [0.5, 0.6) is 5.75 Å². The van der Waals surface area contributed by atoms with Crippen molar-refractivity contribution in [2.75, 3.05) is 17.8 Å². The highest BCUT2D eigenvalue weighted by Gasteiger charge is 2.25. The summed E-state index contributed by atoms with van der Waals surface area (Å²) in [5.74, 6) is -2.54. The molecule has 0 atom stereocenters. The molecule has 0 unspecified atom stereocenters. The fourth-order valence-corrected chi connectivity index (χ4v) is 4.91. The van der Waals surface area contributed by atoms with Crippen molar-refractivity contribution in [3.63, 3.8) is 0 Å². The van der Waals surface area contributed by atoms with E-state index in [0.717, 1.165) is 25.6 Å². The number of aromatic hydroxyl groups is 1. The predicted octanol–water partition coefficient (Wildman–Crippen LogP) is 5.00. The minimum Gasteiger partial charge on any atom is -0.505 e. The molecule has 1 aliphatic rings. The molecule has 4 rings (SSSR count). The molecule has 0 amide bonds. The number of rotatable bonds is 6. The van der Waals surface area contributed by atoms with E-state index in [1.807, 2.05) is 0 Å². The van der Waals surface area contributed by atoms with E-state index in [-0.39, 0.29) is 10.6 Å². The molecule has 1 heterocycles. The van der Waals surface area contributed by atoms with Crippen LogP contribution in [0.2, 0.25) is 5.02 Å². The minimum absolute atomic E-state index is 0.0356. The maximum atomic E-state index is 14.4. The van der Waals surface area contributed by atoms with Crippen LogP contribution in [0.15, 0.2) is 59.5 Å². The number of likely N-dealkylation sites (tertiary alicyclic amines) is 1. The minimum atomic E-state index is -4.41. The van der Waals surface area contributed by atoms with E-state index in [1.165, 1.54) is 12.1 Å². The lowest BCUT2D eigenvalue weighted by atomic mass is 10.0. The zero-order valence-electron chi connectivity index (χ0n) is 16.3. The van der Waals surface area contributed by atoms with Gasteiger partial charge in [-0.15, -0.1) is 0 Å². The first-order valence-corrected chi connectivity index (χ1v) is 11.4. The number of halogens is 3. The van der Waals surface area contributed by atoms with Crippen LogP contribution in [0.25, 0.3) is 11.1 Å². The maximum Gasteiger partial charge on any atom is 0.265 e. The third-order valence-corrected chi connectivity index (χ3v) is 6.79. The van der Waals surface area contributed by atoms with E-state index in [9.17, 15) is 22.3 Å². The topological polar surface area (TPSA) is 69.6 Å². The first kappa shape index (κ1) is 21.5. The van der Waals surface area contributed by atoms with Gasteiger partial charge in [-0.25, -0.2) is 17.2 Å². The van der Waals surface area contributed by atoms with Gasteiger partial charge in [0.2, 0.25) is 0 Å². The van der Waals surface area contributed by atoms with Gasteiger partial charge in [0.15, 0.2) is 5.75 Å². The normalized spacial score (nSPS) is 14.3. The smallest absolute Gasteiger partial charge is 0.265 e. The summed E-state index contributed by atoms with van der Waals surface area (Å²) in [5, 5.41) is 10.1. The van der Waals surface area contributed by atoms with Gasteiger partial charge < -0.3 is 5.11 Å². The summed E-state index contributed by atoms with van der Waals surface area (Å²) < 4.78 is 56.8. The van der Waals surface area contributed by atoms with Crippen molar-refractivity contribution in [1.82, 2.24) is 4.90 Å². The Hall–Kier alpha value is -2.68. The fraction of sp³-hybridized carbons (Fsp3) is 0.182. The van der Waals surface area contributed by atoms with Gasteiger partial charge >= 0.3 is 0 Å². The van der Waals surface area contributed by atoms with E-state index in [1.54, 1.807) is 30.3 Å². The quantitative estimate of drug-likeness (QED) is 0.538. The Bertz CT molecular complexity index is 1230. The monoisotopic (exact) mass is 464 g/mol. The Morgan fingerprint density at radius 2 is 1.74 bits per heavy atom. The zero-order valence-corrected chi connectivity index (χ0v) is 17.9. The highest BCUT2D eigenvalue weighted by molar-refractivity contribution is 7.92. The lowest BCUT2D eigenvalue weighted by Crippen LogP contribution is -2.36. The molecule has 3 aromatic carbocycles. The molecular formula is C22H19ClF2N2O3S. The Balaban J connectivity index is 1.71. The Morgan fingerprint density at radius 3 is 2.39 bits per heavy atom. The van der Waals surface area contributed by atoms with Gasteiger partial charge in [0.05, 0.1) is 10.7 Å². The number of hydrogen-bond acceptors (Lipinski definition) is 4. The highest BCUT2D eigenvalue weighted by atomic mass is 35.5.